The van der Waals surface area contributed by atoms with Crippen LogP contribution in [0, 0.1) is 29.2 Å². The molecule has 0 aromatic heterocycles. The van der Waals surface area contributed by atoms with Gasteiger partial charge in [-0.2, -0.15) is 4.39 Å². The molecule has 1 heterocycles. The van der Waals surface area contributed by atoms with Gasteiger partial charge in [0.15, 0.2) is 29.5 Å². The average Bonchev–Trinajstić information content (AvgIpc) is 2.95. The highest BCUT2D eigenvalue weighted by atomic mass is 19.2. The number of rotatable bonds is 11. The van der Waals surface area contributed by atoms with Crippen molar-refractivity contribution in [1.29, 1.82) is 0 Å². The first-order valence-corrected chi connectivity index (χ1v) is 13.5. The largest absolute Gasteiger partial charge is 0.490 e. The minimum Gasteiger partial charge on any atom is -0.490 e. The fourth-order valence-electron chi connectivity index (χ4n) is 4.63. The molecule has 3 aromatic rings. The first-order valence-electron chi connectivity index (χ1n) is 13.5. The van der Waals surface area contributed by atoms with Crippen LogP contribution in [-0.2, 0) is 9.47 Å². The summed E-state index contributed by atoms with van der Waals surface area (Å²) in [6.45, 7) is 5.04. The van der Waals surface area contributed by atoms with Crippen molar-refractivity contribution in [2.24, 2.45) is 5.92 Å². The monoisotopic (exact) mass is 542 g/mol. The molecule has 1 fully saturated rings. The number of hydrogen-bond acceptors (Lipinski definition) is 3. The van der Waals surface area contributed by atoms with E-state index in [1.165, 1.54) is 24.3 Å². The molecule has 4 rings (SSSR count). The lowest BCUT2D eigenvalue weighted by molar-refractivity contribution is -0.199. The maximum absolute atomic E-state index is 15.1. The normalized spacial score (nSPS) is 17.6. The van der Waals surface area contributed by atoms with Crippen molar-refractivity contribution in [2.45, 2.75) is 52.2 Å². The Hall–Kier alpha value is -3.16. The van der Waals surface area contributed by atoms with Gasteiger partial charge in [-0.05, 0) is 36.6 Å². The third-order valence-electron chi connectivity index (χ3n) is 6.81. The van der Waals surface area contributed by atoms with E-state index in [1.807, 2.05) is 19.1 Å². The van der Waals surface area contributed by atoms with Gasteiger partial charge in [0.05, 0.1) is 19.8 Å². The molecular weight excluding hydrogens is 508 g/mol. The van der Waals surface area contributed by atoms with E-state index in [0.29, 0.717) is 30.9 Å². The summed E-state index contributed by atoms with van der Waals surface area (Å²) in [5.41, 5.74) is 0.884. The maximum Gasteiger partial charge on any atom is 0.201 e. The molecule has 0 atom stereocenters. The second-order valence-electron chi connectivity index (χ2n) is 9.69. The highest BCUT2D eigenvalue weighted by molar-refractivity contribution is 5.71. The van der Waals surface area contributed by atoms with Crippen LogP contribution in [0.3, 0.4) is 0 Å². The summed E-state index contributed by atoms with van der Waals surface area (Å²) in [5.74, 6) is -4.19. The molecule has 0 amide bonds. The van der Waals surface area contributed by atoms with Crippen LogP contribution in [0.25, 0.3) is 22.3 Å². The minimum atomic E-state index is -1.04. The number of unbranched alkanes of at least 4 members (excludes halogenated alkanes) is 4. The van der Waals surface area contributed by atoms with Crippen LogP contribution in [0.4, 0.5) is 17.6 Å². The number of benzene rings is 3. The molecule has 1 aliphatic heterocycles. The molecule has 0 bridgehead atoms. The van der Waals surface area contributed by atoms with Gasteiger partial charge >= 0.3 is 0 Å². The van der Waals surface area contributed by atoms with E-state index in [-0.39, 0.29) is 28.4 Å². The van der Waals surface area contributed by atoms with E-state index in [1.54, 1.807) is 24.3 Å². The third kappa shape index (κ3) is 6.89. The molecular formula is C32H34F4O3. The van der Waals surface area contributed by atoms with E-state index < -0.39 is 29.6 Å². The summed E-state index contributed by atoms with van der Waals surface area (Å²) in [6, 6.07) is 11.9. The Labute approximate surface area is 227 Å². The molecule has 0 spiro atoms. The summed E-state index contributed by atoms with van der Waals surface area (Å²) in [5, 5.41) is 0. The van der Waals surface area contributed by atoms with E-state index in [2.05, 4.69) is 6.92 Å². The van der Waals surface area contributed by atoms with E-state index in [4.69, 9.17) is 14.2 Å². The second kappa shape index (κ2) is 13.8. The van der Waals surface area contributed by atoms with Gasteiger partial charge in [0.1, 0.15) is 0 Å². The fourth-order valence-corrected chi connectivity index (χ4v) is 4.63. The van der Waals surface area contributed by atoms with Gasteiger partial charge in [-0.3, -0.25) is 0 Å². The summed E-state index contributed by atoms with van der Waals surface area (Å²) < 4.78 is 76.2. The lowest BCUT2D eigenvalue weighted by Gasteiger charge is -2.28. The SMILES string of the molecule is C/C=C/C1COC(c2ccc(-c3ccc(-c4ccc(OCCCCCCC)c(F)c4F)cc3)c(F)c2F)OC1. The highest BCUT2D eigenvalue weighted by Crippen LogP contribution is 2.35. The van der Waals surface area contributed by atoms with E-state index in [0.717, 1.165) is 32.1 Å². The van der Waals surface area contributed by atoms with Crippen LogP contribution in [0.5, 0.6) is 5.75 Å². The summed E-state index contributed by atoms with van der Waals surface area (Å²) in [4.78, 5) is 0. The average molecular weight is 543 g/mol. The predicted octanol–water partition coefficient (Wildman–Crippen LogP) is 9.16. The second-order valence-corrected chi connectivity index (χ2v) is 9.69. The zero-order chi connectivity index (χ0) is 27.8. The zero-order valence-corrected chi connectivity index (χ0v) is 22.3. The van der Waals surface area contributed by atoms with Crippen molar-refractivity contribution in [3.05, 3.63) is 89.5 Å². The van der Waals surface area contributed by atoms with Gasteiger partial charge in [-0.25, -0.2) is 13.2 Å². The lowest BCUT2D eigenvalue weighted by Crippen LogP contribution is -2.26. The molecule has 208 valence electrons. The summed E-state index contributed by atoms with van der Waals surface area (Å²) >= 11 is 0. The van der Waals surface area contributed by atoms with Crippen molar-refractivity contribution in [1.82, 2.24) is 0 Å². The topological polar surface area (TPSA) is 27.7 Å². The van der Waals surface area contributed by atoms with Crippen LogP contribution in [0.15, 0.2) is 60.7 Å². The number of halogens is 4. The minimum absolute atomic E-state index is 0.00684. The predicted molar refractivity (Wildman–Crippen MR) is 144 cm³/mol. The van der Waals surface area contributed by atoms with Crippen molar-refractivity contribution in [2.75, 3.05) is 19.8 Å². The van der Waals surface area contributed by atoms with Gasteiger partial charge in [-0.15, -0.1) is 0 Å². The maximum atomic E-state index is 15.1. The molecule has 0 saturated carbocycles. The quantitative estimate of drug-likeness (QED) is 0.137. The van der Waals surface area contributed by atoms with Crippen LogP contribution in [0.1, 0.15) is 57.8 Å². The first-order chi connectivity index (χ1) is 18.9. The molecule has 1 aliphatic rings. The van der Waals surface area contributed by atoms with E-state index >= 15 is 4.39 Å². The molecule has 1 saturated heterocycles. The number of allylic oxidation sites excluding steroid dienone is 1. The number of ether oxygens (including phenoxy) is 3. The van der Waals surface area contributed by atoms with Gasteiger partial charge in [0, 0.05) is 22.6 Å². The zero-order valence-electron chi connectivity index (χ0n) is 22.3. The highest BCUT2D eigenvalue weighted by Gasteiger charge is 2.27. The van der Waals surface area contributed by atoms with Crippen molar-refractivity contribution < 1.29 is 31.8 Å². The smallest absolute Gasteiger partial charge is 0.201 e. The molecule has 0 aliphatic carbocycles. The summed E-state index contributed by atoms with van der Waals surface area (Å²) in [6.07, 6.45) is 7.98. The molecule has 0 N–H and O–H groups in total. The fraction of sp³-hybridized carbons (Fsp3) is 0.375. The van der Waals surface area contributed by atoms with Crippen molar-refractivity contribution >= 4 is 0 Å². The van der Waals surface area contributed by atoms with Gasteiger partial charge in [-0.1, -0.05) is 81.2 Å². The van der Waals surface area contributed by atoms with Crippen LogP contribution >= 0.6 is 0 Å². The molecule has 3 nitrogen and oxygen atoms in total. The molecule has 39 heavy (non-hydrogen) atoms. The Kier molecular flexibility index (Phi) is 10.2. The molecule has 3 aromatic carbocycles. The summed E-state index contributed by atoms with van der Waals surface area (Å²) in [7, 11) is 0. The van der Waals surface area contributed by atoms with Crippen molar-refractivity contribution in [3.63, 3.8) is 0 Å². The van der Waals surface area contributed by atoms with Crippen LogP contribution in [-0.4, -0.2) is 19.8 Å². The third-order valence-corrected chi connectivity index (χ3v) is 6.81. The van der Waals surface area contributed by atoms with Gasteiger partial charge < -0.3 is 14.2 Å². The Morgan fingerprint density at radius 1 is 0.744 bits per heavy atom. The standard InChI is InChI=1S/C32H34F4O3/c1-3-5-6-7-8-18-37-27-17-16-25(29(34)31(27)36)23-12-10-22(11-13-23)24-14-15-26(30(35)28(24)33)32-38-19-21(9-4-2)20-39-32/h4,9-17,21,32H,3,5-8,18-20H2,1-2H3/b9-4+. The Balaban J connectivity index is 1.45. The van der Waals surface area contributed by atoms with Crippen molar-refractivity contribution in [3.8, 4) is 28.0 Å². The number of hydrogen-bond donors (Lipinski definition) is 0. The first kappa shape index (κ1) is 28.8. The molecule has 7 heteroatoms. The van der Waals surface area contributed by atoms with Crippen LogP contribution < -0.4 is 4.74 Å². The Morgan fingerprint density at radius 2 is 1.33 bits per heavy atom. The van der Waals surface area contributed by atoms with Gasteiger partial charge in [0.2, 0.25) is 5.82 Å². The van der Waals surface area contributed by atoms with Crippen LogP contribution in [0.2, 0.25) is 0 Å². The van der Waals surface area contributed by atoms with E-state index in [9.17, 15) is 13.2 Å². The Bertz CT molecular complexity index is 1270. The van der Waals surface area contributed by atoms with Gasteiger partial charge in [0.25, 0.3) is 0 Å². The lowest BCUT2D eigenvalue weighted by atomic mass is 9.98. The molecule has 0 radical (unpaired) electrons. The molecule has 0 unspecified atom stereocenters. The Morgan fingerprint density at radius 3 is 1.95 bits per heavy atom.